The lowest BCUT2D eigenvalue weighted by atomic mass is 10.0. The molecule has 1 aliphatic heterocycles. The molecule has 1 nitrogen and oxygen atoms in total. The maximum absolute atomic E-state index is 2.54. The number of fused-ring (bicyclic) bond motifs is 6. The molecule has 2 heteroatoms. The van der Waals surface area contributed by atoms with Crippen molar-refractivity contribution in [2.24, 2.45) is 7.05 Å². The Morgan fingerprint density at radius 1 is 0.714 bits per heavy atom. The molecule has 0 radical (unpaired) electrons. The first-order chi connectivity index (χ1) is 13.7. The Morgan fingerprint density at radius 3 is 2.14 bits per heavy atom. The van der Waals surface area contributed by atoms with E-state index in [4.69, 9.17) is 0 Å². The van der Waals surface area contributed by atoms with Gasteiger partial charge in [-0.25, -0.2) is 0 Å². The monoisotopic (exact) mass is 375 g/mol. The summed E-state index contributed by atoms with van der Waals surface area (Å²) in [4.78, 5) is 0. The maximum atomic E-state index is 2.54. The Balaban J connectivity index is 1.84. The minimum atomic E-state index is -2.09. The van der Waals surface area contributed by atoms with Crippen molar-refractivity contribution in [3.63, 3.8) is 0 Å². The van der Waals surface area contributed by atoms with Crippen LogP contribution in [-0.4, -0.2) is 12.6 Å². The van der Waals surface area contributed by atoms with Crippen LogP contribution in [0.5, 0.6) is 0 Å². The Kier molecular flexibility index (Phi) is 3.10. The van der Waals surface area contributed by atoms with Crippen molar-refractivity contribution >= 4 is 45.3 Å². The lowest BCUT2D eigenvalue weighted by molar-refractivity contribution is 0.983. The first kappa shape index (κ1) is 15.9. The summed E-state index contributed by atoms with van der Waals surface area (Å²) in [6.07, 6.45) is 0. The molecule has 0 spiro atoms. The van der Waals surface area contributed by atoms with Crippen LogP contribution in [0.3, 0.4) is 0 Å². The van der Waals surface area contributed by atoms with Crippen molar-refractivity contribution in [2.45, 2.75) is 6.55 Å². The van der Waals surface area contributed by atoms with E-state index >= 15 is 0 Å². The summed E-state index contributed by atoms with van der Waals surface area (Å²) in [5.41, 5.74) is 4.17. The normalized spacial score (nSPS) is 17.8. The average Bonchev–Trinajstić information content (AvgIpc) is 3.19. The summed E-state index contributed by atoms with van der Waals surface area (Å²) in [5.74, 6) is 0. The molecular formula is C26H21NSi. The van der Waals surface area contributed by atoms with Crippen molar-refractivity contribution in [2.75, 3.05) is 0 Å². The second-order valence-corrected chi connectivity index (χ2v) is 11.9. The summed E-state index contributed by atoms with van der Waals surface area (Å²) >= 11 is 0. The SMILES string of the molecule is Cn1c2c(c3ccccc31)[Si@@](C)(c1ccccc1)c1cc3ccccc3cc1-2. The van der Waals surface area contributed by atoms with Gasteiger partial charge in [0.1, 0.15) is 8.07 Å². The molecule has 2 heterocycles. The lowest BCUT2D eigenvalue weighted by Gasteiger charge is -2.26. The highest BCUT2D eigenvalue weighted by atomic mass is 28.3. The van der Waals surface area contributed by atoms with Gasteiger partial charge in [0.25, 0.3) is 0 Å². The number of rotatable bonds is 1. The average molecular weight is 376 g/mol. The molecule has 0 N–H and O–H groups in total. The first-order valence-corrected chi connectivity index (χ1v) is 12.4. The van der Waals surface area contributed by atoms with E-state index in [2.05, 4.69) is 109 Å². The number of nitrogens with zero attached hydrogens (tertiary/aromatic N) is 1. The van der Waals surface area contributed by atoms with Gasteiger partial charge in [-0.15, -0.1) is 0 Å². The van der Waals surface area contributed by atoms with Crippen molar-refractivity contribution in [3.8, 4) is 11.3 Å². The molecule has 1 atom stereocenters. The van der Waals surface area contributed by atoms with Crippen molar-refractivity contribution in [1.82, 2.24) is 4.57 Å². The fourth-order valence-corrected chi connectivity index (χ4v) is 9.70. The van der Waals surface area contributed by atoms with Crippen LogP contribution < -0.4 is 15.6 Å². The van der Waals surface area contributed by atoms with E-state index in [9.17, 15) is 0 Å². The molecule has 0 aliphatic carbocycles. The molecule has 0 unspecified atom stereocenters. The van der Waals surface area contributed by atoms with Gasteiger partial charge in [0.05, 0.1) is 0 Å². The standard InChI is InChI=1S/C26H21NSi/c1-27-23-15-9-8-14-21(23)26-25(27)22-16-18-10-6-7-11-19(18)17-24(22)28(26,2)20-12-4-3-5-13-20/h3-17H,1-2H3/t28-/m0/s1. The predicted molar refractivity (Wildman–Crippen MR) is 123 cm³/mol. The topological polar surface area (TPSA) is 4.93 Å². The zero-order valence-electron chi connectivity index (χ0n) is 16.1. The molecule has 0 bridgehead atoms. The summed E-state index contributed by atoms with van der Waals surface area (Å²) < 4.78 is 2.42. The molecule has 1 aliphatic rings. The van der Waals surface area contributed by atoms with Crippen LogP contribution in [0.4, 0.5) is 0 Å². The number of hydrogen-bond acceptors (Lipinski definition) is 0. The highest BCUT2D eigenvalue weighted by Gasteiger charge is 2.46. The minimum Gasteiger partial charge on any atom is -0.344 e. The van der Waals surface area contributed by atoms with Crippen molar-refractivity contribution in [1.29, 1.82) is 0 Å². The summed E-state index contributed by atoms with van der Waals surface area (Å²) in [6, 6.07) is 33.7. The zero-order valence-corrected chi connectivity index (χ0v) is 17.1. The second-order valence-electron chi connectivity index (χ2n) is 8.04. The Hall–Kier alpha value is -3.10. The minimum absolute atomic E-state index is 1.32. The number of aryl methyl sites for hydroxylation is 1. The largest absolute Gasteiger partial charge is 0.344 e. The molecule has 5 aromatic rings. The number of para-hydroxylation sites is 1. The van der Waals surface area contributed by atoms with Crippen molar-refractivity contribution < 1.29 is 0 Å². The molecule has 0 fully saturated rings. The van der Waals surface area contributed by atoms with Crippen LogP contribution >= 0.6 is 0 Å². The van der Waals surface area contributed by atoms with E-state index in [0.29, 0.717) is 0 Å². The Labute approximate surface area is 165 Å². The Bertz CT molecular complexity index is 1380. The van der Waals surface area contributed by atoms with Gasteiger partial charge in [-0.05, 0) is 44.0 Å². The van der Waals surface area contributed by atoms with Crippen LogP contribution in [0.25, 0.3) is 32.9 Å². The van der Waals surface area contributed by atoms with E-state index in [-0.39, 0.29) is 0 Å². The van der Waals surface area contributed by atoms with Gasteiger partial charge in [0.15, 0.2) is 0 Å². The first-order valence-electron chi connectivity index (χ1n) is 9.86. The smallest absolute Gasteiger partial charge is 0.149 e. The Morgan fingerprint density at radius 2 is 1.36 bits per heavy atom. The molecular weight excluding hydrogens is 354 g/mol. The van der Waals surface area contributed by atoms with Gasteiger partial charge in [0.2, 0.25) is 0 Å². The van der Waals surface area contributed by atoms with Gasteiger partial charge in [0, 0.05) is 23.6 Å². The van der Waals surface area contributed by atoms with Crippen molar-refractivity contribution in [3.05, 3.63) is 91.0 Å². The number of hydrogen-bond donors (Lipinski definition) is 0. The quantitative estimate of drug-likeness (QED) is 0.383. The fourth-order valence-electron chi connectivity index (χ4n) is 5.27. The van der Waals surface area contributed by atoms with Crippen LogP contribution in [0.15, 0.2) is 91.0 Å². The van der Waals surface area contributed by atoms with Crippen LogP contribution in [0.2, 0.25) is 6.55 Å². The molecule has 0 saturated heterocycles. The molecule has 1 aromatic heterocycles. The molecule has 0 amide bonds. The fraction of sp³-hybridized carbons (Fsp3) is 0.0769. The highest BCUT2D eigenvalue weighted by molar-refractivity contribution is 7.14. The van der Waals surface area contributed by atoms with Gasteiger partial charge >= 0.3 is 0 Å². The van der Waals surface area contributed by atoms with Gasteiger partial charge in [-0.3, -0.25) is 0 Å². The lowest BCUT2D eigenvalue weighted by Crippen LogP contribution is -2.62. The maximum Gasteiger partial charge on any atom is 0.149 e. The van der Waals surface area contributed by atoms with Gasteiger partial charge in [-0.1, -0.05) is 85.4 Å². The number of benzene rings is 4. The zero-order chi connectivity index (χ0) is 18.9. The van der Waals surface area contributed by atoms with Crippen LogP contribution in [0.1, 0.15) is 0 Å². The van der Waals surface area contributed by atoms with E-state index in [1.165, 1.54) is 38.1 Å². The predicted octanol–water partition coefficient (Wildman–Crippen LogP) is 4.41. The van der Waals surface area contributed by atoms with E-state index in [0.717, 1.165) is 0 Å². The molecule has 134 valence electrons. The van der Waals surface area contributed by atoms with Gasteiger partial charge in [-0.2, -0.15) is 0 Å². The van der Waals surface area contributed by atoms with E-state index in [1.54, 1.807) is 10.4 Å². The summed E-state index contributed by atoms with van der Waals surface area (Å²) in [6.45, 7) is 2.54. The third-order valence-corrected chi connectivity index (χ3v) is 11.1. The highest BCUT2D eigenvalue weighted by Crippen LogP contribution is 2.35. The third kappa shape index (κ3) is 1.86. The van der Waals surface area contributed by atoms with Crippen LogP contribution in [0, 0.1) is 0 Å². The van der Waals surface area contributed by atoms with E-state index in [1.807, 2.05) is 0 Å². The third-order valence-electron chi connectivity index (χ3n) is 6.64. The molecule has 0 saturated carbocycles. The van der Waals surface area contributed by atoms with Gasteiger partial charge < -0.3 is 4.57 Å². The summed E-state index contributed by atoms with van der Waals surface area (Å²) in [5, 5.41) is 8.68. The molecule has 6 rings (SSSR count). The van der Waals surface area contributed by atoms with Crippen LogP contribution in [-0.2, 0) is 7.05 Å². The number of aromatic nitrogens is 1. The summed E-state index contributed by atoms with van der Waals surface area (Å²) in [7, 11) is 0.142. The second kappa shape index (κ2) is 5.46. The molecule has 4 aromatic carbocycles. The molecule has 28 heavy (non-hydrogen) atoms. The van der Waals surface area contributed by atoms with E-state index < -0.39 is 8.07 Å².